The molecule has 18 heavy (non-hydrogen) atoms. The van der Waals surface area contributed by atoms with Crippen LogP contribution >= 0.6 is 0 Å². The molecule has 0 aliphatic heterocycles. The zero-order valence-corrected chi connectivity index (χ0v) is 11.5. The molecule has 104 valence electrons. The van der Waals surface area contributed by atoms with E-state index in [-0.39, 0.29) is 23.8 Å². The lowest BCUT2D eigenvalue weighted by molar-refractivity contribution is -0.153. The number of nitrogens with two attached hydrogens (primary N) is 1. The van der Waals surface area contributed by atoms with Gasteiger partial charge in [-0.15, -0.1) is 0 Å². The van der Waals surface area contributed by atoms with Crippen molar-refractivity contribution in [3.63, 3.8) is 0 Å². The quantitative estimate of drug-likeness (QED) is 0.734. The lowest BCUT2D eigenvalue weighted by Gasteiger charge is -2.36. The summed E-state index contributed by atoms with van der Waals surface area (Å²) in [7, 11) is 1.36. The van der Waals surface area contributed by atoms with E-state index in [1.807, 2.05) is 0 Å². The van der Waals surface area contributed by atoms with Gasteiger partial charge in [-0.05, 0) is 19.8 Å². The third-order valence-corrected chi connectivity index (χ3v) is 3.85. The van der Waals surface area contributed by atoms with Crippen molar-refractivity contribution < 1.29 is 14.3 Å². The van der Waals surface area contributed by atoms with Crippen molar-refractivity contribution in [1.29, 1.82) is 0 Å². The first kappa shape index (κ1) is 15.0. The van der Waals surface area contributed by atoms with E-state index in [1.54, 1.807) is 13.8 Å². The standard InChI is InChI=1S/C13H24N2O3/c1-9(10(2)14)11(16)15-13(12(17)18-3)7-5-4-6-8-13/h9-10H,4-8,14H2,1-3H3,(H,15,16). The van der Waals surface area contributed by atoms with Crippen LogP contribution in [0.1, 0.15) is 46.0 Å². The van der Waals surface area contributed by atoms with Crippen LogP contribution in [0.4, 0.5) is 0 Å². The molecule has 0 saturated heterocycles. The molecule has 1 aliphatic carbocycles. The van der Waals surface area contributed by atoms with E-state index in [0.717, 1.165) is 19.3 Å². The van der Waals surface area contributed by atoms with E-state index in [4.69, 9.17) is 10.5 Å². The molecule has 0 spiro atoms. The first-order valence-electron chi connectivity index (χ1n) is 6.59. The number of hydrogen-bond donors (Lipinski definition) is 2. The average Bonchev–Trinajstić information content (AvgIpc) is 2.37. The van der Waals surface area contributed by atoms with Crippen LogP contribution in [0.15, 0.2) is 0 Å². The van der Waals surface area contributed by atoms with Gasteiger partial charge >= 0.3 is 5.97 Å². The molecule has 2 unspecified atom stereocenters. The highest BCUT2D eigenvalue weighted by atomic mass is 16.5. The predicted octanol–water partition coefficient (Wildman–Crippen LogP) is 0.962. The molecule has 0 aromatic heterocycles. The van der Waals surface area contributed by atoms with Gasteiger partial charge in [-0.25, -0.2) is 4.79 Å². The van der Waals surface area contributed by atoms with Crippen LogP contribution in [0.2, 0.25) is 0 Å². The fourth-order valence-corrected chi connectivity index (χ4v) is 2.32. The Hall–Kier alpha value is -1.10. The lowest BCUT2D eigenvalue weighted by Crippen LogP contribution is -2.58. The molecule has 1 fully saturated rings. The third kappa shape index (κ3) is 3.22. The van der Waals surface area contributed by atoms with Crippen LogP contribution < -0.4 is 11.1 Å². The average molecular weight is 256 g/mol. The summed E-state index contributed by atoms with van der Waals surface area (Å²) in [6, 6.07) is -0.233. The number of rotatable bonds is 4. The molecule has 5 heteroatoms. The first-order valence-corrected chi connectivity index (χ1v) is 6.59. The second-order valence-corrected chi connectivity index (χ2v) is 5.27. The highest BCUT2D eigenvalue weighted by Crippen LogP contribution is 2.29. The molecule has 3 N–H and O–H groups in total. The van der Waals surface area contributed by atoms with Gasteiger partial charge in [0.05, 0.1) is 7.11 Å². The molecule has 1 aliphatic rings. The summed E-state index contributed by atoms with van der Waals surface area (Å²) in [5.41, 5.74) is 4.88. The second kappa shape index (κ2) is 6.18. The molecule has 5 nitrogen and oxygen atoms in total. The van der Waals surface area contributed by atoms with E-state index in [0.29, 0.717) is 12.8 Å². The fourth-order valence-electron chi connectivity index (χ4n) is 2.32. The summed E-state index contributed by atoms with van der Waals surface area (Å²) in [5.74, 6) is -0.821. The van der Waals surface area contributed by atoms with E-state index in [1.165, 1.54) is 7.11 Å². The van der Waals surface area contributed by atoms with Gasteiger partial charge in [-0.1, -0.05) is 26.2 Å². The van der Waals surface area contributed by atoms with E-state index < -0.39 is 5.54 Å². The summed E-state index contributed by atoms with van der Waals surface area (Å²) in [6.45, 7) is 3.56. The summed E-state index contributed by atoms with van der Waals surface area (Å²) in [4.78, 5) is 24.0. The molecular weight excluding hydrogens is 232 g/mol. The first-order chi connectivity index (χ1) is 8.43. The zero-order chi connectivity index (χ0) is 13.8. The van der Waals surface area contributed by atoms with Crippen molar-refractivity contribution in [2.24, 2.45) is 11.7 Å². The Morgan fingerprint density at radius 3 is 2.22 bits per heavy atom. The summed E-state index contributed by atoms with van der Waals surface area (Å²) in [6.07, 6.45) is 4.26. The maximum absolute atomic E-state index is 12.1. The number of carbonyl (C=O) groups is 2. The van der Waals surface area contributed by atoms with Crippen LogP contribution in [0.25, 0.3) is 0 Å². The van der Waals surface area contributed by atoms with Crippen molar-refractivity contribution in [2.45, 2.75) is 57.5 Å². The van der Waals surface area contributed by atoms with Crippen molar-refractivity contribution in [3.8, 4) is 0 Å². The molecule has 1 amide bonds. The number of carbonyl (C=O) groups excluding carboxylic acids is 2. The Balaban J connectivity index is 2.79. The highest BCUT2D eigenvalue weighted by Gasteiger charge is 2.42. The van der Waals surface area contributed by atoms with Crippen LogP contribution in [-0.4, -0.2) is 30.6 Å². The zero-order valence-electron chi connectivity index (χ0n) is 11.5. The smallest absolute Gasteiger partial charge is 0.331 e. The molecule has 1 rings (SSSR count). The molecular formula is C13H24N2O3. The Morgan fingerprint density at radius 1 is 1.22 bits per heavy atom. The topological polar surface area (TPSA) is 81.4 Å². The number of nitrogens with one attached hydrogen (secondary N) is 1. The predicted molar refractivity (Wildman–Crippen MR) is 68.8 cm³/mol. The maximum atomic E-state index is 12.1. The maximum Gasteiger partial charge on any atom is 0.331 e. The second-order valence-electron chi connectivity index (χ2n) is 5.27. The summed E-state index contributed by atoms with van der Waals surface area (Å²) in [5, 5.41) is 2.87. The van der Waals surface area contributed by atoms with Crippen LogP contribution in [0.3, 0.4) is 0 Å². The van der Waals surface area contributed by atoms with Gasteiger partial charge in [0.15, 0.2) is 0 Å². The molecule has 2 atom stereocenters. The third-order valence-electron chi connectivity index (χ3n) is 3.85. The largest absolute Gasteiger partial charge is 0.467 e. The van der Waals surface area contributed by atoms with Gasteiger partial charge in [-0.2, -0.15) is 0 Å². The molecule has 0 heterocycles. The number of amides is 1. The van der Waals surface area contributed by atoms with Crippen LogP contribution in [0, 0.1) is 5.92 Å². The van der Waals surface area contributed by atoms with Crippen molar-refractivity contribution >= 4 is 11.9 Å². The number of esters is 1. The normalized spacial score (nSPS) is 21.8. The van der Waals surface area contributed by atoms with E-state index in [9.17, 15) is 9.59 Å². The molecule has 0 aromatic rings. The minimum atomic E-state index is -0.840. The van der Waals surface area contributed by atoms with Gasteiger partial charge in [0.25, 0.3) is 0 Å². The minimum absolute atomic E-state index is 0.169. The number of hydrogen-bond acceptors (Lipinski definition) is 4. The number of ether oxygens (including phenoxy) is 1. The van der Waals surface area contributed by atoms with Crippen LogP contribution in [-0.2, 0) is 14.3 Å². The van der Waals surface area contributed by atoms with Crippen molar-refractivity contribution in [2.75, 3.05) is 7.11 Å². The van der Waals surface area contributed by atoms with Gasteiger partial charge in [0.1, 0.15) is 5.54 Å². The van der Waals surface area contributed by atoms with Crippen molar-refractivity contribution in [1.82, 2.24) is 5.32 Å². The lowest BCUT2D eigenvalue weighted by atomic mass is 9.81. The summed E-state index contributed by atoms with van der Waals surface area (Å²) < 4.78 is 4.85. The van der Waals surface area contributed by atoms with Gasteiger partial charge in [0.2, 0.25) is 5.91 Å². The van der Waals surface area contributed by atoms with Crippen LogP contribution in [0.5, 0.6) is 0 Å². The number of methoxy groups -OCH3 is 1. The van der Waals surface area contributed by atoms with Gasteiger partial charge in [-0.3, -0.25) is 4.79 Å². The van der Waals surface area contributed by atoms with Crippen molar-refractivity contribution in [3.05, 3.63) is 0 Å². The van der Waals surface area contributed by atoms with Gasteiger partial charge < -0.3 is 15.8 Å². The molecule has 0 radical (unpaired) electrons. The monoisotopic (exact) mass is 256 g/mol. The Labute approximate surface area is 108 Å². The SMILES string of the molecule is COC(=O)C1(NC(=O)C(C)C(C)N)CCCCC1. The summed E-state index contributed by atoms with van der Waals surface area (Å²) >= 11 is 0. The molecule has 0 aromatic carbocycles. The Bertz CT molecular complexity index is 309. The molecule has 1 saturated carbocycles. The highest BCUT2D eigenvalue weighted by molar-refractivity contribution is 5.89. The van der Waals surface area contributed by atoms with Gasteiger partial charge in [0, 0.05) is 12.0 Å². The Kier molecular flexibility index (Phi) is 5.14. The molecule has 0 bridgehead atoms. The van der Waals surface area contributed by atoms with E-state index in [2.05, 4.69) is 5.32 Å². The Morgan fingerprint density at radius 2 is 1.78 bits per heavy atom. The minimum Gasteiger partial charge on any atom is -0.467 e. The van der Waals surface area contributed by atoms with E-state index >= 15 is 0 Å². The fraction of sp³-hybridized carbons (Fsp3) is 0.846.